The van der Waals surface area contributed by atoms with Crippen molar-refractivity contribution in [2.45, 2.75) is 24.9 Å². The Balaban J connectivity index is 1.66. The maximum atomic E-state index is 6.45. The molecule has 0 saturated heterocycles. The normalized spacial score (nSPS) is 24.6. The highest BCUT2D eigenvalue weighted by atomic mass is 16.7. The molecular formula is C21H23NO6. The summed E-state index contributed by atoms with van der Waals surface area (Å²) in [5, 5.41) is 3.64. The molecule has 0 aromatic heterocycles. The second kappa shape index (κ2) is 6.84. The summed E-state index contributed by atoms with van der Waals surface area (Å²) >= 11 is 0. The largest absolute Gasteiger partial charge is 0.493 e. The van der Waals surface area contributed by atoms with Gasteiger partial charge in [-0.15, -0.1) is 0 Å². The lowest BCUT2D eigenvalue weighted by atomic mass is 9.87. The predicted molar refractivity (Wildman–Crippen MR) is 100 cm³/mol. The molecule has 0 aliphatic carbocycles. The molecule has 3 aliphatic rings. The van der Waals surface area contributed by atoms with E-state index in [0.29, 0.717) is 11.5 Å². The van der Waals surface area contributed by atoms with E-state index in [9.17, 15) is 0 Å². The van der Waals surface area contributed by atoms with Crippen molar-refractivity contribution in [1.82, 2.24) is 5.32 Å². The Bertz CT molecular complexity index is 914. The van der Waals surface area contributed by atoms with E-state index >= 15 is 0 Å². The van der Waals surface area contributed by atoms with Crippen molar-refractivity contribution in [3.05, 3.63) is 46.5 Å². The third-order valence-electron chi connectivity index (χ3n) is 5.68. The van der Waals surface area contributed by atoms with E-state index in [1.807, 2.05) is 18.2 Å². The van der Waals surface area contributed by atoms with Gasteiger partial charge in [-0.25, -0.2) is 0 Å². The lowest BCUT2D eigenvalue weighted by molar-refractivity contribution is -0.181. The smallest absolute Gasteiger partial charge is 0.231 e. The lowest BCUT2D eigenvalue weighted by Crippen LogP contribution is -2.34. The molecule has 3 atom stereocenters. The first-order valence-corrected chi connectivity index (χ1v) is 9.34. The van der Waals surface area contributed by atoms with Crippen molar-refractivity contribution in [3.8, 4) is 23.0 Å². The SMILES string of the molecule is COc1cc2c(cc1OC)[C@@H]1O[C@H](OC)c3c(ccc4c3OCO4)[C@H]1NCC2. The first-order chi connectivity index (χ1) is 13.7. The number of fused-ring (bicyclic) bond motifs is 7. The van der Waals surface area contributed by atoms with Crippen LogP contribution in [-0.4, -0.2) is 34.7 Å². The molecule has 1 N–H and O–H groups in total. The van der Waals surface area contributed by atoms with Gasteiger partial charge in [-0.1, -0.05) is 6.07 Å². The van der Waals surface area contributed by atoms with Crippen LogP contribution in [0, 0.1) is 0 Å². The maximum Gasteiger partial charge on any atom is 0.231 e. The Labute approximate surface area is 163 Å². The van der Waals surface area contributed by atoms with Crippen molar-refractivity contribution in [2.24, 2.45) is 0 Å². The molecule has 0 radical (unpaired) electrons. The van der Waals surface area contributed by atoms with E-state index in [4.69, 9.17) is 28.4 Å². The molecule has 0 fully saturated rings. The van der Waals surface area contributed by atoms with Crippen molar-refractivity contribution in [1.29, 1.82) is 0 Å². The molecule has 0 spiro atoms. The van der Waals surface area contributed by atoms with E-state index in [0.717, 1.165) is 41.2 Å². The standard InChI is InChI=1S/C21H23NO6/c1-23-15-8-11-6-7-22-18-12-4-5-14-20(27-10-26-14)17(12)21(25-3)28-19(18)13(11)9-16(15)24-2/h4-5,8-9,18-19,21-22H,6-7,10H2,1-3H3/t18-,19+,21+/m1/s1. The van der Waals surface area contributed by atoms with Crippen molar-refractivity contribution in [2.75, 3.05) is 34.7 Å². The molecule has 0 amide bonds. The summed E-state index contributed by atoms with van der Waals surface area (Å²) in [6, 6.07) is 8.06. The highest BCUT2D eigenvalue weighted by Crippen LogP contribution is 2.53. The number of hydrogen-bond donors (Lipinski definition) is 1. The molecule has 5 rings (SSSR count). The lowest BCUT2D eigenvalue weighted by Gasteiger charge is -2.38. The van der Waals surface area contributed by atoms with E-state index in [-0.39, 0.29) is 18.9 Å². The average Bonchev–Trinajstić information content (AvgIpc) is 3.14. The van der Waals surface area contributed by atoms with Crippen molar-refractivity contribution >= 4 is 0 Å². The van der Waals surface area contributed by atoms with Gasteiger partial charge in [0.15, 0.2) is 29.3 Å². The van der Waals surface area contributed by atoms with Crippen molar-refractivity contribution < 1.29 is 28.4 Å². The first-order valence-electron chi connectivity index (χ1n) is 9.34. The number of methoxy groups -OCH3 is 3. The fourth-order valence-electron chi connectivity index (χ4n) is 4.39. The van der Waals surface area contributed by atoms with Gasteiger partial charge in [-0.3, -0.25) is 0 Å². The van der Waals surface area contributed by atoms with Gasteiger partial charge in [-0.2, -0.15) is 0 Å². The topological polar surface area (TPSA) is 67.4 Å². The molecule has 3 aliphatic heterocycles. The molecule has 3 heterocycles. The monoisotopic (exact) mass is 385 g/mol. The molecular weight excluding hydrogens is 362 g/mol. The summed E-state index contributed by atoms with van der Waals surface area (Å²) < 4.78 is 34.5. The number of rotatable bonds is 3. The summed E-state index contributed by atoms with van der Waals surface area (Å²) in [6.07, 6.45) is 0.0905. The quantitative estimate of drug-likeness (QED) is 0.871. The van der Waals surface area contributed by atoms with Gasteiger partial charge in [0.25, 0.3) is 0 Å². The Hall–Kier alpha value is -2.48. The van der Waals surface area contributed by atoms with Crippen molar-refractivity contribution in [3.63, 3.8) is 0 Å². The molecule has 7 nitrogen and oxygen atoms in total. The molecule has 148 valence electrons. The van der Waals surface area contributed by atoms with Crippen LogP contribution in [-0.2, 0) is 15.9 Å². The number of ether oxygens (including phenoxy) is 6. The van der Waals surface area contributed by atoms with E-state index in [1.54, 1.807) is 21.3 Å². The number of nitrogens with one attached hydrogen (secondary N) is 1. The van der Waals surface area contributed by atoms with Gasteiger partial charge in [0.2, 0.25) is 6.79 Å². The summed E-state index contributed by atoms with van der Waals surface area (Å²) in [7, 11) is 4.94. The van der Waals surface area contributed by atoms with E-state index in [2.05, 4.69) is 11.4 Å². The molecule has 2 aromatic carbocycles. The van der Waals surface area contributed by atoms with Crippen LogP contribution in [0.15, 0.2) is 24.3 Å². The van der Waals surface area contributed by atoms with Gasteiger partial charge in [-0.05, 0) is 47.9 Å². The number of benzene rings is 2. The Morgan fingerprint density at radius 2 is 1.82 bits per heavy atom. The second-order valence-electron chi connectivity index (χ2n) is 7.01. The van der Waals surface area contributed by atoms with Crippen LogP contribution in [0.25, 0.3) is 0 Å². The van der Waals surface area contributed by atoms with Gasteiger partial charge >= 0.3 is 0 Å². The Morgan fingerprint density at radius 1 is 1.00 bits per heavy atom. The minimum absolute atomic E-state index is 0.0322. The van der Waals surface area contributed by atoms with E-state index < -0.39 is 6.29 Å². The zero-order valence-electron chi connectivity index (χ0n) is 16.1. The van der Waals surface area contributed by atoms with Crippen LogP contribution in [0.3, 0.4) is 0 Å². The summed E-state index contributed by atoms with van der Waals surface area (Å²) in [5.41, 5.74) is 4.26. The zero-order chi connectivity index (χ0) is 19.3. The Morgan fingerprint density at radius 3 is 2.61 bits per heavy atom. The second-order valence-corrected chi connectivity index (χ2v) is 7.01. The Kier molecular flexibility index (Phi) is 4.30. The summed E-state index contributed by atoms with van der Waals surface area (Å²) in [5.74, 6) is 2.85. The fraction of sp³-hybridized carbons (Fsp3) is 0.429. The van der Waals surface area contributed by atoms with Crippen LogP contribution >= 0.6 is 0 Å². The molecule has 28 heavy (non-hydrogen) atoms. The third-order valence-corrected chi connectivity index (χ3v) is 5.68. The van der Waals surface area contributed by atoms with Gasteiger partial charge in [0.1, 0.15) is 6.10 Å². The zero-order valence-corrected chi connectivity index (χ0v) is 16.1. The minimum Gasteiger partial charge on any atom is -0.493 e. The van der Waals surface area contributed by atoms with Crippen LogP contribution in [0.5, 0.6) is 23.0 Å². The predicted octanol–water partition coefficient (Wildman–Crippen LogP) is 3.04. The highest BCUT2D eigenvalue weighted by Gasteiger charge is 2.42. The maximum absolute atomic E-state index is 6.45. The average molecular weight is 385 g/mol. The highest BCUT2D eigenvalue weighted by molar-refractivity contribution is 5.56. The molecule has 0 saturated carbocycles. The van der Waals surface area contributed by atoms with Gasteiger partial charge < -0.3 is 33.7 Å². The molecule has 7 heteroatoms. The molecule has 0 unspecified atom stereocenters. The first kappa shape index (κ1) is 17.6. The molecule has 0 bridgehead atoms. The van der Waals surface area contributed by atoms with Crippen LogP contribution in [0.4, 0.5) is 0 Å². The molecule has 2 aromatic rings. The summed E-state index contributed by atoms with van der Waals surface area (Å²) in [4.78, 5) is 0. The minimum atomic E-state index is -0.547. The summed E-state index contributed by atoms with van der Waals surface area (Å²) in [6.45, 7) is 1.03. The van der Waals surface area contributed by atoms with Crippen LogP contribution in [0.1, 0.15) is 40.7 Å². The van der Waals surface area contributed by atoms with Crippen LogP contribution in [0.2, 0.25) is 0 Å². The fourth-order valence-corrected chi connectivity index (χ4v) is 4.39. The van der Waals surface area contributed by atoms with Crippen LogP contribution < -0.4 is 24.3 Å². The van der Waals surface area contributed by atoms with E-state index in [1.165, 1.54) is 5.56 Å². The third kappa shape index (κ3) is 2.54. The van der Waals surface area contributed by atoms with Gasteiger partial charge in [0, 0.05) is 7.11 Å². The number of hydrogen-bond acceptors (Lipinski definition) is 7. The van der Waals surface area contributed by atoms with Gasteiger partial charge in [0.05, 0.1) is 25.8 Å².